The molecule has 1 unspecified atom stereocenters. The van der Waals surface area contributed by atoms with Gasteiger partial charge in [0.15, 0.2) is 0 Å². The molecule has 2 aliphatic carbocycles. The summed E-state index contributed by atoms with van der Waals surface area (Å²) in [6, 6.07) is 12.5. The van der Waals surface area contributed by atoms with Gasteiger partial charge in [-0.3, -0.25) is 9.59 Å². The maximum Gasteiger partial charge on any atom is 0.416 e. The van der Waals surface area contributed by atoms with E-state index in [1.165, 1.54) is 31.9 Å². The molecule has 0 spiro atoms. The number of anilines is 2. The van der Waals surface area contributed by atoms with E-state index in [4.69, 9.17) is 0 Å². The fourth-order valence-electron chi connectivity index (χ4n) is 7.10. The zero-order valence-electron chi connectivity index (χ0n) is 23.7. The first-order valence-electron chi connectivity index (χ1n) is 14.9. The van der Waals surface area contributed by atoms with Gasteiger partial charge in [0.2, 0.25) is 11.7 Å². The molecule has 2 fully saturated rings. The van der Waals surface area contributed by atoms with Crippen molar-refractivity contribution in [3.05, 3.63) is 94.7 Å². The highest BCUT2D eigenvalue weighted by Crippen LogP contribution is 2.47. The SMILES string of the molecule is Cc1ccc(NC(=O)[C@@H]2CCC3CN4CC=CC=C4C(=O)C=C3[C@@H]2c2ccc(NC3CCCC3)cc2)cc1C(F)(F)F. The molecule has 0 bridgehead atoms. The number of carbonyl (C=O) groups is 2. The number of alkyl halides is 3. The lowest BCUT2D eigenvalue weighted by Crippen LogP contribution is -2.38. The summed E-state index contributed by atoms with van der Waals surface area (Å²) in [5, 5.41) is 6.39. The fourth-order valence-corrected chi connectivity index (χ4v) is 7.10. The van der Waals surface area contributed by atoms with Crippen LogP contribution in [0.25, 0.3) is 0 Å². The standard InChI is InChI=1S/C34H36F3N3O2/c1-21-9-13-26(18-29(21)34(35,36)37)39-33(42)27-16-12-23-20-40-17-5-4-8-30(40)31(41)19-28(23)32(27)22-10-14-25(15-11-22)38-24-6-2-3-7-24/h4-5,8-11,13-15,18-19,23-24,27,32,38H,2-3,6-7,12,16-17,20H2,1H3,(H,39,42)/t23?,27-,32-/m1/s1. The average Bonchev–Trinajstić information content (AvgIpc) is 3.42. The van der Waals surface area contributed by atoms with Crippen molar-refractivity contribution in [3.63, 3.8) is 0 Å². The number of amides is 1. The first-order chi connectivity index (χ1) is 20.2. The third kappa shape index (κ3) is 5.76. The second-order valence-corrected chi connectivity index (χ2v) is 12.0. The van der Waals surface area contributed by atoms with Crippen molar-refractivity contribution >= 4 is 23.1 Å². The molecule has 2 saturated carbocycles. The topological polar surface area (TPSA) is 61.4 Å². The third-order valence-corrected chi connectivity index (χ3v) is 9.25. The number of rotatable bonds is 5. The van der Waals surface area contributed by atoms with Crippen LogP contribution in [0.15, 0.2) is 78.0 Å². The second kappa shape index (κ2) is 11.5. The molecule has 4 aliphatic rings. The van der Waals surface area contributed by atoms with E-state index in [1.54, 1.807) is 6.08 Å². The minimum atomic E-state index is -4.51. The van der Waals surface area contributed by atoms with E-state index in [2.05, 4.69) is 15.5 Å². The summed E-state index contributed by atoms with van der Waals surface area (Å²) in [7, 11) is 0. The second-order valence-electron chi connectivity index (χ2n) is 12.0. The summed E-state index contributed by atoms with van der Waals surface area (Å²) in [4.78, 5) is 29.4. The summed E-state index contributed by atoms with van der Waals surface area (Å²) in [5.41, 5.74) is 3.01. The molecule has 8 heteroatoms. The molecule has 2 aromatic carbocycles. The van der Waals surface area contributed by atoms with Crippen LogP contribution in [0.2, 0.25) is 0 Å². The highest BCUT2D eigenvalue weighted by molar-refractivity contribution is 6.05. The van der Waals surface area contributed by atoms with Gasteiger partial charge in [-0.1, -0.05) is 48.8 Å². The Bertz CT molecular complexity index is 1450. The first kappa shape index (κ1) is 28.3. The Labute approximate surface area is 244 Å². The average molecular weight is 576 g/mol. The van der Waals surface area contributed by atoms with Gasteiger partial charge in [0.25, 0.3) is 0 Å². The molecule has 2 aliphatic heterocycles. The Hall–Kier alpha value is -3.81. The summed E-state index contributed by atoms with van der Waals surface area (Å²) in [5.74, 6) is -1.22. The Morgan fingerprint density at radius 3 is 2.45 bits per heavy atom. The van der Waals surface area contributed by atoms with Crippen LogP contribution in [0.3, 0.4) is 0 Å². The number of hydrogen-bond acceptors (Lipinski definition) is 4. The molecule has 3 atom stereocenters. The number of benzene rings is 2. The molecular weight excluding hydrogens is 539 g/mol. The lowest BCUT2D eigenvalue weighted by Gasteiger charge is -2.39. The summed E-state index contributed by atoms with van der Waals surface area (Å²) >= 11 is 0. The lowest BCUT2D eigenvalue weighted by molar-refractivity contribution is -0.138. The van der Waals surface area contributed by atoms with E-state index in [-0.39, 0.29) is 34.8 Å². The van der Waals surface area contributed by atoms with E-state index < -0.39 is 17.7 Å². The zero-order valence-corrected chi connectivity index (χ0v) is 23.7. The largest absolute Gasteiger partial charge is 0.416 e. The van der Waals surface area contributed by atoms with Crippen LogP contribution in [-0.2, 0) is 15.8 Å². The van der Waals surface area contributed by atoms with Gasteiger partial charge in [-0.2, -0.15) is 13.2 Å². The molecule has 0 aromatic heterocycles. The van der Waals surface area contributed by atoms with Crippen LogP contribution < -0.4 is 10.6 Å². The predicted molar refractivity (Wildman–Crippen MR) is 158 cm³/mol. The molecule has 5 nitrogen and oxygen atoms in total. The van der Waals surface area contributed by atoms with Crippen LogP contribution in [0.1, 0.15) is 61.1 Å². The van der Waals surface area contributed by atoms with Gasteiger partial charge in [-0.05, 0) is 86.1 Å². The van der Waals surface area contributed by atoms with E-state index in [9.17, 15) is 22.8 Å². The number of allylic oxidation sites excluding steroid dienone is 3. The molecular formula is C34H36F3N3O2. The van der Waals surface area contributed by atoms with Gasteiger partial charge >= 0.3 is 6.18 Å². The van der Waals surface area contributed by atoms with E-state index in [0.717, 1.165) is 35.7 Å². The van der Waals surface area contributed by atoms with Crippen molar-refractivity contribution in [1.82, 2.24) is 4.90 Å². The highest BCUT2D eigenvalue weighted by Gasteiger charge is 2.42. The molecule has 2 heterocycles. The van der Waals surface area contributed by atoms with E-state index >= 15 is 0 Å². The van der Waals surface area contributed by atoms with Gasteiger partial charge in [0.05, 0.1) is 11.3 Å². The Kier molecular flexibility index (Phi) is 7.73. The summed E-state index contributed by atoms with van der Waals surface area (Å²) < 4.78 is 40.7. The van der Waals surface area contributed by atoms with Crippen molar-refractivity contribution in [3.8, 4) is 0 Å². The molecule has 42 heavy (non-hydrogen) atoms. The fraction of sp³-hybridized carbons (Fsp3) is 0.412. The Morgan fingerprint density at radius 2 is 1.71 bits per heavy atom. The molecule has 0 saturated heterocycles. The smallest absolute Gasteiger partial charge is 0.382 e. The predicted octanol–water partition coefficient (Wildman–Crippen LogP) is 7.38. The number of fused-ring (bicyclic) bond motifs is 2. The molecule has 2 N–H and O–H groups in total. The van der Waals surface area contributed by atoms with Crippen molar-refractivity contribution in [1.29, 1.82) is 0 Å². The van der Waals surface area contributed by atoms with Crippen LogP contribution in [0.4, 0.5) is 24.5 Å². The summed E-state index contributed by atoms with van der Waals surface area (Å²) in [6.07, 6.45) is 9.03. The van der Waals surface area contributed by atoms with E-state index in [1.807, 2.05) is 42.5 Å². The number of halogens is 3. The van der Waals surface area contributed by atoms with Crippen LogP contribution in [0, 0.1) is 18.8 Å². The lowest BCUT2D eigenvalue weighted by atomic mass is 9.67. The Morgan fingerprint density at radius 1 is 0.976 bits per heavy atom. The minimum absolute atomic E-state index is 0.0734. The molecule has 2 aromatic rings. The number of ketones is 1. The Balaban J connectivity index is 1.33. The number of nitrogens with one attached hydrogen (secondary N) is 2. The van der Waals surface area contributed by atoms with Crippen molar-refractivity contribution in [2.75, 3.05) is 23.7 Å². The monoisotopic (exact) mass is 575 g/mol. The molecule has 6 rings (SSSR count). The first-order valence-corrected chi connectivity index (χ1v) is 14.9. The number of hydrogen-bond donors (Lipinski definition) is 2. The van der Waals surface area contributed by atoms with E-state index in [0.29, 0.717) is 37.7 Å². The van der Waals surface area contributed by atoms with Gasteiger partial charge in [0, 0.05) is 42.3 Å². The highest BCUT2D eigenvalue weighted by atomic mass is 19.4. The normalized spacial score (nSPS) is 24.3. The van der Waals surface area contributed by atoms with Gasteiger partial charge in [-0.25, -0.2) is 0 Å². The van der Waals surface area contributed by atoms with Gasteiger partial charge in [-0.15, -0.1) is 0 Å². The van der Waals surface area contributed by atoms with Gasteiger partial charge in [0.1, 0.15) is 0 Å². The maximum atomic E-state index is 13.8. The molecule has 0 radical (unpaired) electrons. The zero-order chi connectivity index (χ0) is 29.4. The minimum Gasteiger partial charge on any atom is -0.382 e. The van der Waals surface area contributed by atoms with Crippen molar-refractivity contribution < 1.29 is 22.8 Å². The van der Waals surface area contributed by atoms with Crippen LogP contribution in [-0.4, -0.2) is 35.7 Å². The quantitative estimate of drug-likeness (QED) is 0.391. The van der Waals surface area contributed by atoms with Crippen LogP contribution >= 0.6 is 0 Å². The number of carbonyl (C=O) groups excluding carboxylic acids is 2. The maximum absolute atomic E-state index is 13.8. The molecule has 220 valence electrons. The van der Waals surface area contributed by atoms with Crippen molar-refractivity contribution in [2.24, 2.45) is 11.8 Å². The number of aryl methyl sites for hydroxylation is 1. The molecule has 1 amide bonds. The van der Waals surface area contributed by atoms with Crippen molar-refractivity contribution in [2.45, 2.75) is 63.6 Å². The van der Waals surface area contributed by atoms with Crippen LogP contribution in [0.5, 0.6) is 0 Å². The summed E-state index contributed by atoms with van der Waals surface area (Å²) in [6.45, 7) is 2.76. The third-order valence-electron chi connectivity index (χ3n) is 9.25. The van der Waals surface area contributed by atoms with Gasteiger partial charge < -0.3 is 15.5 Å². The number of nitrogens with zero attached hydrogens (tertiary/aromatic N) is 1.